The van der Waals surface area contributed by atoms with Gasteiger partial charge >= 0.3 is 5.97 Å². The highest BCUT2D eigenvalue weighted by atomic mass is 16.6. The molecular formula is C19H34N4O10. The minimum atomic E-state index is -1.62. The minimum Gasteiger partial charge on any atom is -0.481 e. The molecule has 33 heavy (non-hydrogen) atoms. The Balaban J connectivity index is 3.17. The van der Waals surface area contributed by atoms with Gasteiger partial charge in [-0.15, -0.1) is 0 Å². The lowest BCUT2D eigenvalue weighted by Crippen LogP contribution is -2.65. The Labute approximate surface area is 192 Å². The molecule has 0 aromatic heterocycles. The first-order chi connectivity index (χ1) is 15.8. The van der Waals surface area contributed by atoms with Crippen LogP contribution in [0.25, 0.3) is 0 Å². The highest BCUT2D eigenvalue weighted by Crippen LogP contribution is 2.24. The Hall–Kier alpha value is -2.36. The third kappa shape index (κ3) is 8.17. The van der Waals surface area contributed by atoms with Crippen LogP contribution in [0.3, 0.4) is 0 Å². The second-order valence-corrected chi connectivity index (χ2v) is 7.94. The number of carbonyl (C=O) groups excluding carboxylic acids is 3. The predicted molar refractivity (Wildman–Crippen MR) is 111 cm³/mol. The summed E-state index contributed by atoms with van der Waals surface area (Å²) in [5.41, 5.74) is 7.42. The van der Waals surface area contributed by atoms with Crippen molar-refractivity contribution in [3.05, 3.63) is 0 Å². The monoisotopic (exact) mass is 479 g/mol. The van der Waals surface area contributed by atoms with Crippen LogP contribution in [0.1, 0.15) is 33.6 Å². The summed E-state index contributed by atoms with van der Waals surface area (Å²) in [4.78, 5) is 48.5. The SMILES string of the molecule is [2H]N[C@@H](C)C(=O)N(CC(C)O[C@H]1[C@H](O)[C@@H](CO)O[C@H](O)[C@@H]1NC(C)=O)[C@@H](CCC(=O)O)C(N)=O. The molecule has 1 rings (SSSR count). The maximum Gasteiger partial charge on any atom is 0.303 e. The minimum absolute atomic E-state index is 0.284. The number of aliphatic carboxylic acids is 1. The van der Waals surface area contributed by atoms with Crippen LogP contribution in [0.5, 0.6) is 0 Å². The van der Waals surface area contributed by atoms with Crippen LogP contribution in [0.2, 0.25) is 1.41 Å². The van der Waals surface area contributed by atoms with Crippen LogP contribution in [0, 0.1) is 0 Å². The van der Waals surface area contributed by atoms with E-state index in [4.69, 9.17) is 21.7 Å². The maximum atomic E-state index is 12.9. The smallest absolute Gasteiger partial charge is 0.303 e. The van der Waals surface area contributed by atoms with E-state index in [1.807, 2.05) is 5.73 Å². The standard InChI is InChI=1S/C19H34N4O10/c1-8(6-23(18(30)9(2)20)11(17(21)29)4-5-13(26)27)32-16-14(22-10(3)25)19(31)33-12(7-24)15(16)28/h8-9,11-12,14-16,19,24,28,31H,4-7,20H2,1-3H3,(H2,21,29)(H,22,25)(H,26,27)/t8?,9-,11-,12+,14+,15+,16+,19-/m0/s1/i/hD. The van der Waals surface area contributed by atoms with Crippen molar-refractivity contribution in [2.75, 3.05) is 13.2 Å². The zero-order chi connectivity index (χ0) is 26.2. The summed E-state index contributed by atoms with van der Waals surface area (Å²) in [6, 6.07) is -3.62. The summed E-state index contributed by atoms with van der Waals surface area (Å²) in [5.74, 6) is -3.45. The summed E-state index contributed by atoms with van der Waals surface area (Å²) in [7, 11) is 0. The quantitative estimate of drug-likeness (QED) is 0.135. The summed E-state index contributed by atoms with van der Waals surface area (Å²) in [6.45, 7) is 3.04. The van der Waals surface area contributed by atoms with Crippen LogP contribution in [0.15, 0.2) is 0 Å². The van der Waals surface area contributed by atoms with E-state index in [0.717, 1.165) is 4.90 Å². The lowest BCUT2D eigenvalue weighted by Gasteiger charge is -2.44. The molecule has 8 atom stereocenters. The van der Waals surface area contributed by atoms with E-state index in [-0.39, 0.29) is 13.0 Å². The molecule has 1 saturated heterocycles. The van der Waals surface area contributed by atoms with Crippen molar-refractivity contribution >= 4 is 23.7 Å². The number of carboxylic acids is 1. The first-order valence-corrected chi connectivity index (χ1v) is 10.4. The van der Waals surface area contributed by atoms with E-state index in [9.17, 15) is 34.5 Å². The van der Waals surface area contributed by atoms with Crippen molar-refractivity contribution in [2.45, 2.75) is 82.4 Å². The summed E-state index contributed by atoms with van der Waals surface area (Å²) in [6.07, 6.45) is -7.30. The number of nitrogens with one attached hydrogen (secondary N) is 1. The average molecular weight is 480 g/mol. The predicted octanol–water partition coefficient (Wildman–Crippen LogP) is -3.77. The Morgan fingerprint density at radius 3 is 2.39 bits per heavy atom. The fourth-order valence-electron chi connectivity index (χ4n) is 3.55. The fourth-order valence-corrected chi connectivity index (χ4v) is 3.55. The lowest BCUT2D eigenvalue weighted by atomic mass is 9.96. The summed E-state index contributed by atoms with van der Waals surface area (Å²) >= 11 is 0. The van der Waals surface area contributed by atoms with Crippen molar-refractivity contribution in [1.82, 2.24) is 10.2 Å². The lowest BCUT2D eigenvalue weighted by molar-refractivity contribution is -0.268. The van der Waals surface area contributed by atoms with Gasteiger partial charge in [0.25, 0.3) is 0 Å². The van der Waals surface area contributed by atoms with Gasteiger partial charge in [-0.1, -0.05) is 0 Å². The first-order valence-electron chi connectivity index (χ1n) is 10.9. The van der Waals surface area contributed by atoms with E-state index < -0.39 is 85.5 Å². The molecule has 1 fully saturated rings. The topological polar surface area (TPSA) is 235 Å². The van der Waals surface area contributed by atoms with E-state index in [1.165, 1.54) is 20.8 Å². The number of rotatable bonds is 13. The number of amides is 3. The van der Waals surface area contributed by atoms with Gasteiger partial charge in [0.15, 0.2) is 6.29 Å². The van der Waals surface area contributed by atoms with Crippen LogP contribution >= 0.6 is 0 Å². The van der Waals surface area contributed by atoms with Crippen LogP contribution in [0.4, 0.5) is 0 Å². The Kier molecular flexibility index (Phi) is 10.4. The van der Waals surface area contributed by atoms with Crippen molar-refractivity contribution in [3.63, 3.8) is 0 Å². The summed E-state index contributed by atoms with van der Waals surface area (Å²) in [5, 5.41) is 41.6. The van der Waals surface area contributed by atoms with Gasteiger partial charge in [0, 0.05) is 19.9 Å². The van der Waals surface area contributed by atoms with Gasteiger partial charge in [-0.2, -0.15) is 0 Å². The molecule has 0 spiro atoms. The van der Waals surface area contributed by atoms with E-state index in [2.05, 4.69) is 5.32 Å². The molecule has 3 amide bonds. The Bertz CT molecular complexity index is 729. The second kappa shape index (κ2) is 12.8. The summed E-state index contributed by atoms with van der Waals surface area (Å²) < 4.78 is 18.2. The highest BCUT2D eigenvalue weighted by Gasteiger charge is 2.46. The molecule has 0 radical (unpaired) electrons. The molecule has 9 N–H and O–H groups in total. The second-order valence-electron chi connectivity index (χ2n) is 7.94. The third-order valence-electron chi connectivity index (χ3n) is 5.08. The molecule has 190 valence electrons. The van der Waals surface area contributed by atoms with Crippen molar-refractivity contribution in [3.8, 4) is 0 Å². The third-order valence-corrected chi connectivity index (χ3v) is 5.08. The largest absolute Gasteiger partial charge is 0.481 e. The number of carboxylic acid groups (broad SMARTS) is 1. The molecule has 0 saturated carbocycles. The van der Waals surface area contributed by atoms with Gasteiger partial charge in [-0.3, -0.25) is 19.2 Å². The number of aliphatic hydroxyl groups is 3. The molecule has 1 aliphatic heterocycles. The van der Waals surface area contributed by atoms with Gasteiger partial charge in [0.1, 0.15) is 31.8 Å². The number of primary amides is 1. The Morgan fingerprint density at radius 1 is 1.27 bits per heavy atom. The number of aliphatic hydroxyl groups excluding tert-OH is 3. The van der Waals surface area contributed by atoms with Gasteiger partial charge in [-0.25, -0.2) is 0 Å². The zero-order valence-corrected chi connectivity index (χ0v) is 18.7. The number of nitrogens with two attached hydrogens (primary N) is 2. The molecular weight excluding hydrogens is 444 g/mol. The molecule has 1 unspecified atom stereocenters. The zero-order valence-electron chi connectivity index (χ0n) is 19.7. The van der Waals surface area contributed by atoms with E-state index in [1.54, 1.807) is 0 Å². The number of carbonyl (C=O) groups is 4. The van der Waals surface area contributed by atoms with Crippen molar-refractivity contribution in [1.29, 1.82) is 0 Å². The normalized spacial score (nSPS) is 28.2. The molecule has 0 aliphatic carbocycles. The molecule has 0 aromatic carbocycles. The van der Waals surface area contributed by atoms with Crippen LogP contribution in [-0.2, 0) is 28.7 Å². The molecule has 0 aromatic rings. The van der Waals surface area contributed by atoms with Gasteiger partial charge in [0.05, 0.1) is 18.8 Å². The first kappa shape index (κ1) is 26.9. The number of hydrogen-bond donors (Lipinski definition) is 7. The maximum absolute atomic E-state index is 12.9. The number of ether oxygens (including phenoxy) is 2. The van der Waals surface area contributed by atoms with Crippen molar-refractivity contribution in [2.24, 2.45) is 11.5 Å². The van der Waals surface area contributed by atoms with Crippen LogP contribution < -0.4 is 16.8 Å². The Morgan fingerprint density at radius 2 is 1.91 bits per heavy atom. The van der Waals surface area contributed by atoms with E-state index in [0.29, 0.717) is 0 Å². The molecule has 1 aliphatic rings. The molecule has 14 heteroatoms. The van der Waals surface area contributed by atoms with Gasteiger partial charge in [0.2, 0.25) is 17.7 Å². The fraction of sp³-hybridized carbons (Fsp3) is 0.789. The average Bonchev–Trinajstić information content (AvgIpc) is 2.75. The van der Waals surface area contributed by atoms with Gasteiger partial charge in [-0.05, 0) is 20.3 Å². The van der Waals surface area contributed by atoms with Crippen molar-refractivity contribution < 1.29 is 50.5 Å². The number of nitrogens with zero attached hydrogens (tertiary/aromatic N) is 1. The van der Waals surface area contributed by atoms with E-state index >= 15 is 0 Å². The molecule has 14 nitrogen and oxygen atoms in total. The van der Waals surface area contributed by atoms with Crippen LogP contribution in [-0.4, -0.2) is 111 Å². The highest BCUT2D eigenvalue weighted by molar-refractivity contribution is 5.89. The molecule has 0 bridgehead atoms. The number of hydrogen-bond acceptors (Lipinski definition) is 10. The molecule has 1 heterocycles. The van der Waals surface area contributed by atoms with Gasteiger partial charge < -0.3 is 51.6 Å².